The molecule has 0 saturated carbocycles. The van der Waals surface area contributed by atoms with Crippen molar-refractivity contribution in [2.75, 3.05) is 55.0 Å². The minimum atomic E-state index is 0.230. The van der Waals surface area contributed by atoms with Gasteiger partial charge in [-0.25, -0.2) is 15.0 Å². The second-order valence-electron chi connectivity index (χ2n) is 8.65. The van der Waals surface area contributed by atoms with Crippen LogP contribution in [0.2, 0.25) is 0 Å². The highest BCUT2D eigenvalue weighted by Crippen LogP contribution is 2.34. The molecule has 33 heavy (non-hydrogen) atoms. The van der Waals surface area contributed by atoms with Gasteiger partial charge < -0.3 is 19.9 Å². The van der Waals surface area contributed by atoms with Crippen LogP contribution in [-0.2, 0) is 4.74 Å². The van der Waals surface area contributed by atoms with Gasteiger partial charge in [-0.2, -0.15) is 4.98 Å². The molecule has 0 radical (unpaired) electrons. The molecule has 4 rings (SSSR count). The fourth-order valence-electron chi connectivity index (χ4n) is 4.17. The van der Waals surface area contributed by atoms with Gasteiger partial charge in [-0.1, -0.05) is 20.3 Å². The van der Waals surface area contributed by atoms with Crippen LogP contribution in [-0.4, -0.2) is 59.8 Å². The summed E-state index contributed by atoms with van der Waals surface area (Å²) in [7, 11) is 1.74. The van der Waals surface area contributed by atoms with Crippen molar-refractivity contribution in [2.24, 2.45) is 0 Å². The lowest BCUT2D eigenvalue weighted by molar-refractivity contribution is 0.184. The Bertz CT molecular complexity index is 1070. The first kappa shape index (κ1) is 23.2. The molecule has 0 amide bonds. The lowest BCUT2D eigenvalue weighted by Gasteiger charge is -2.33. The van der Waals surface area contributed by atoms with E-state index in [-0.39, 0.29) is 5.92 Å². The number of aromatic nitrogens is 4. The number of ether oxygens (including phenoxy) is 1. The molecule has 1 aliphatic rings. The van der Waals surface area contributed by atoms with Gasteiger partial charge in [-0.15, -0.1) is 0 Å². The van der Waals surface area contributed by atoms with Gasteiger partial charge in [0.05, 0.1) is 6.61 Å². The van der Waals surface area contributed by atoms with E-state index in [1.165, 1.54) is 12.0 Å². The lowest BCUT2D eigenvalue weighted by Crippen LogP contribution is -2.37. The molecular formula is C25H35N7O. The molecule has 1 aliphatic heterocycles. The third-order valence-electron chi connectivity index (χ3n) is 6.23. The van der Waals surface area contributed by atoms with E-state index < -0.39 is 0 Å². The molecule has 1 fully saturated rings. The third-order valence-corrected chi connectivity index (χ3v) is 6.23. The molecule has 1 N–H and O–H groups in total. The lowest BCUT2D eigenvalue weighted by atomic mass is 9.97. The largest absolute Gasteiger partial charge is 0.384 e. The summed E-state index contributed by atoms with van der Waals surface area (Å²) in [6.07, 6.45) is 9.21. The van der Waals surface area contributed by atoms with Gasteiger partial charge in [-0.3, -0.25) is 0 Å². The van der Waals surface area contributed by atoms with Crippen LogP contribution >= 0.6 is 0 Å². The first-order valence-electron chi connectivity index (χ1n) is 12.0. The van der Waals surface area contributed by atoms with E-state index in [9.17, 15) is 0 Å². The Kier molecular flexibility index (Phi) is 7.54. The number of methoxy groups -OCH3 is 1. The zero-order chi connectivity index (χ0) is 23.2. The fraction of sp³-hybridized carbons (Fsp3) is 0.520. The molecule has 176 valence electrons. The summed E-state index contributed by atoms with van der Waals surface area (Å²) in [5.41, 5.74) is 1.17. The Hall–Kier alpha value is -3.00. The number of hydrogen-bond acceptors (Lipinski definition) is 8. The van der Waals surface area contributed by atoms with Gasteiger partial charge in [0, 0.05) is 63.2 Å². The number of pyridine rings is 2. The minimum absolute atomic E-state index is 0.230. The number of unbranched alkanes of at least 4 members (excludes halogenated alkanes) is 1. The van der Waals surface area contributed by atoms with E-state index >= 15 is 0 Å². The van der Waals surface area contributed by atoms with Crippen molar-refractivity contribution in [1.82, 2.24) is 19.9 Å². The van der Waals surface area contributed by atoms with Crippen LogP contribution < -0.4 is 15.1 Å². The minimum Gasteiger partial charge on any atom is -0.384 e. The topological polar surface area (TPSA) is 79.3 Å². The highest BCUT2D eigenvalue weighted by Gasteiger charge is 2.21. The van der Waals surface area contributed by atoms with E-state index in [4.69, 9.17) is 19.7 Å². The molecular weight excluding hydrogens is 414 g/mol. The molecule has 1 atom stereocenters. The molecule has 3 aromatic heterocycles. The Morgan fingerprint density at radius 3 is 2.67 bits per heavy atom. The molecule has 0 aromatic carbocycles. The molecule has 3 aromatic rings. The molecule has 1 saturated heterocycles. The van der Waals surface area contributed by atoms with Crippen molar-refractivity contribution < 1.29 is 4.74 Å². The summed E-state index contributed by atoms with van der Waals surface area (Å²) in [6.45, 7) is 11.1. The van der Waals surface area contributed by atoms with Crippen LogP contribution in [0.25, 0.3) is 10.8 Å². The molecule has 8 heteroatoms. The van der Waals surface area contributed by atoms with Crippen LogP contribution in [0.3, 0.4) is 0 Å². The van der Waals surface area contributed by atoms with Crippen LogP contribution in [0, 0.1) is 0 Å². The van der Waals surface area contributed by atoms with E-state index in [2.05, 4.69) is 46.9 Å². The zero-order valence-corrected chi connectivity index (χ0v) is 20.2. The summed E-state index contributed by atoms with van der Waals surface area (Å²) in [5.74, 6) is 3.49. The number of fused-ring (bicyclic) bond motifs is 1. The third kappa shape index (κ3) is 5.16. The maximum Gasteiger partial charge on any atom is 0.227 e. The zero-order valence-electron chi connectivity index (χ0n) is 20.2. The SMILES string of the molecule is CCCCN(CC)c1nccc(Nc2cc3c(C(C)COC)cnc(N4CCC4)c3cn2)n1. The van der Waals surface area contributed by atoms with Crippen molar-refractivity contribution in [3.05, 3.63) is 36.3 Å². The summed E-state index contributed by atoms with van der Waals surface area (Å²) < 4.78 is 5.43. The predicted molar refractivity (Wildman–Crippen MR) is 135 cm³/mol. The number of rotatable bonds is 11. The van der Waals surface area contributed by atoms with E-state index in [0.29, 0.717) is 6.61 Å². The van der Waals surface area contributed by atoms with Crippen molar-refractivity contribution >= 4 is 34.2 Å². The molecule has 0 bridgehead atoms. The van der Waals surface area contributed by atoms with Crippen LogP contribution in [0.15, 0.2) is 30.7 Å². The Morgan fingerprint density at radius 2 is 1.97 bits per heavy atom. The summed E-state index contributed by atoms with van der Waals surface area (Å²) in [5, 5.41) is 5.63. The van der Waals surface area contributed by atoms with E-state index in [1.54, 1.807) is 13.3 Å². The maximum atomic E-state index is 5.43. The van der Waals surface area contributed by atoms with Crippen molar-refractivity contribution in [1.29, 1.82) is 0 Å². The van der Waals surface area contributed by atoms with Crippen molar-refractivity contribution in [3.63, 3.8) is 0 Å². The quantitative estimate of drug-likeness (QED) is 0.449. The van der Waals surface area contributed by atoms with E-state index in [1.807, 2.05) is 18.5 Å². The molecule has 0 aliphatic carbocycles. The van der Waals surface area contributed by atoms with Crippen LogP contribution in [0.5, 0.6) is 0 Å². The predicted octanol–water partition coefficient (Wildman–Crippen LogP) is 4.75. The first-order valence-corrected chi connectivity index (χ1v) is 12.0. The van der Waals surface area contributed by atoms with Gasteiger partial charge in [0.15, 0.2) is 0 Å². The second-order valence-corrected chi connectivity index (χ2v) is 8.65. The number of hydrogen-bond donors (Lipinski definition) is 1. The van der Waals surface area contributed by atoms with Crippen molar-refractivity contribution in [2.45, 2.75) is 46.0 Å². The molecule has 1 unspecified atom stereocenters. The van der Waals surface area contributed by atoms with Gasteiger partial charge in [-0.05, 0) is 42.8 Å². The Labute approximate surface area is 196 Å². The average molecular weight is 450 g/mol. The molecule has 0 spiro atoms. The molecule has 8 nitrogen and oxygen atoms in total. The van der Waals surface area contributed by atoms with Crippen LogP contribution in [0.1, 0.15) is 51.5 Å². The summed E-state index contributed by atoms with van der Waals surface area (Å²) >= 11 is 0. The van der Waals surface area contributed by atoms with Crippen molar-refractivity contribution in [3.8, 4) is 0 Å². The standard InChI is InChI=1S/C25H35N7O/c1-5-7-11-31(6-2)25-26-10-9-22(30-25)29-23-14-19-20(18(3)17-33-4)15-28-24(21(19)16-27-23)32-12-8-13-32/h9-10,14-16,18H,5-8,11-13,17H2,1-4H3,(H,26,27,29,30). The highest BCUT2D eigenvalue weighted by molar-refractivity contribution is 5.96. The summed E-state index contributed by atoms with van der Waals surface area (Å²) in [6, 6.07) is 3.99. The normalized spacial score (nSPS) is 14.2. The first-order chi connectivity index (χ1) is 16.1. The highest BCUT2D eigenvalue weighted by atomic mass is 16.5. The smallest absolute Gasteiger partial charge is 0.227 e. The summed E-state index contributed by atoms with van der Waals surface area (Å²) in [4.78, 5) is 23.3. The van der Waals surface area contributed by atoms with Gasteiger partial charge >= 0.3 is 0 Å². The fourth-order valence-corrected chi connectivity index (χ4v) is 4.17. The second kappa shape index (κ2) is 10.7. The Morgan fingerprint density at radius 1 is 1.12 bits per heavy atom. The maximum absolute atomic E-state index is 5.43. The van der Waals surface area contributed by atoms with Gasteiger partial charge in [0.25, 0.3) is 0 Å². The number of anilines is 4. The van der Waals surface area contributed by atoms with E-state index in [0.717, 1.165) is 73.2 Å². The average Bonchev–Trinajstić information content (AvgIpc) is 2.79. The van der Waals surface area contributed by atoms with Gasteiger partial charge in [0.2, 0.25) is 5.95 Å². The monoisotopic (exact) mass is 449 g/mol. The van der Waals surface area contributed by atoms with Crippen LogP contribution in [0.4, 0.5) is 23.4 Å². The number of nitrogens with zero attached hydrogens (tertiary/aromatic N) is 6. The van der Waals surface area contributed by atoms with Gasteiger partial charge in [0.1, 0.15) is 17.5 Å². The number of nitrogens with one attached hydrogen (secondary N) is 1. The molecule has 4 heterocycles. The Balaban J connectivity index is 1.66.